The SMILES string of the molecule is N#CC(CCOc1ccc(F)cc1[N+](=O)[O-])NC1CC1. The van der Waals surface area contributed by atoms with Gasteiger partial charge in [-0.05, 0) is 25.0 Å². The number of nitrogens with one attached hydrogen (secondary N) is 1. The van der Waals surface area contributed by atoms with Gasteiger partial charge in [0.15, 0.2) is 5.75 Å². The number of ether oxygens (including phenoxy) is 1. The summed E-state index contributed by atoms with van der Waals surface area (Å²) < 4.78 is 18.2. The van der Waals surface area contributed by atoms with Crippen molar-refractivity contribution in [2.75, 3.05) is 6.61 Å². The van der Waals surface area contributed by atoms with Crippen molar-refractivity contribution in [2.24, 2.45) is 0 Å². The first kappa shape index (κ1) is 14.2. The van der Waals surface area contributed by atoms with E-state index in [9.17, 15) is 14.5 Å². The Labute approximate surface area is 115 Å². The van der Waals surface area contributed by atoms with E-state index < -0.39 is 16.4 Å². The molecule has 1 aliphatic carbocycles. The molecule has 0 aliphatic heterocycles. The lowest BCUT2D eigenvalue weighted by Gasteiger charge is -2.11. The van der Waals surface area contributed by atoms with E-state index in [0.29, 0.717) is 12.5 Å². The van der Waals surface area contributed by atoms with Gasteiger partial charge in [-0.2, -0.15) is 5.26 Å². The molecule has 0 radical (unpaired) electrons. The maximum Gasteiger partial charge on any atom is 0.313 e. The lowest BCUT2D eigenvalue weighted by atomic mass is 10.2. The molecule has 0 amide bonds. The molecule has 106 valence electrons. The zero-order valence-electron chi connectivity index (χ0n) is 10.7. The summed E-state index contributed by atoms with van der Waals surface area (Å²) in [5.74, 6) is -0.672. The fourth-order valence-electron chi connectivity index (χ4n) is 1.76. The highest BCUT2D eigenvalue weighted by Gasteiger charge is 2.24. The number of nitriles is 1. The van der Waals surface area contributed by atoms with Gasteiger partial charge in [-0.25, -0.2) is 4.39 Å². The van der Waals surface area contributed by atoms with Crippen LogP contribution >= 0.6 is 0 Å². The molecular formula is C13H14FN3O3. The number of nitro benzene ring substituents is 1. The third kappa shape index (κ3) is 3.90. The van der Waals surface area contributed by atoms with Gasteiger partial charge in [0.2, 0.25) is 0 Å². The van der Waals surface area contributed by atoms with Crippen molar-refractivity contribution in [3.63, 3.8) is 0 Å². The fourth-order valence-corrected chi connectivity index (χ4v) is 1.76. The quantitative estimate of drug-likeness (QED) is 0.610. The maximum atomic E-state index is 12.9. The van der Waals surface area contributed by atoms with E-state index in [1.54, 1.807) is 0 Å². The second-order valence-corrected chi connectivity index (χ2v) is 4.63. The van der Waals surface area contributed by atoms with E-state index in [-0.39, 0.29) is 18.4 Å². The fraction of sp³-hybridized carbons (Fsp3) is 0.462. The standard InChI is InChI=1S/C13H14FN3O3/c14-9-1-4-13(12(7-9)17(18)19)20-6-5-11(8-15)16-10-2-3-10/h1,4,7,10-11,16H,2-3,5-6H2. The number of rotatable bonds is 7. The zero-order chi connectivity index (χ0) is 14.5. The monoisotopic (exact) mass is 279 g/mol. The highest BCUT2D eigenvalue weighted by molar-refractivity contribution is 5.46. The second kappa shape index (κ2) is 6.30. The molecule has 1 unspecified atom stereocenters. The largest absolute Gasteiger partial charge is 0.487 e. The van der Waals surface area contributed by atoms with E-state index in [4.69, 9.17) is 10.00 Å². The Kier molecular flexibility index (Phi) is 4.48. The first-order valence-electron chi connectivity index (χ1n) is 6.32. The lowest BCUT2D eigenvalue weighted by molar-refractivity contribution is -0.386. The third-order valence-electron chi connectivity index (χ3n) is 2.95. The average molecular weight is 279 g/mol. The van der Waals surface area contributed by atoms with Gasteiger partial charge in [-0.3, -0.25) is 15.4 Å². The molecule has 1 saturated carbocycles. The molecule has 0 heterocycles. The van der Waals surface area contributed by atoms with E-state index in [1.165, 1.54) is 6.07 Å². The van der Waals surface area contributed by atoms with Crippen molar-refractivity contribution in [2.45, 2.75) is 31.3 Å². The van der Waals surface area contributed by atoms with E-state index in [0.717, 1.165) is 25.0 Å². The van der Waals surface area contributed by atoms with Gasteiger partial charge in [0.25, 0.3) is 0 Å². The van der Waals surface area contributed by atoms with Crippen LogP contribution in [0.5, 0.6) is 5.75 Å². The molecule has 0 bridgehead atoms. The van der Waals surface area contributed by atoms with Crippen LogP contribution in [-0.4, -0.2) is 23.6 Å². The van der Waals surface area contributed by atoms with Gasteiger partial charge in [0.1, 0.15) is 5.82 Å². The Morgan fingerprint density at radius 1 is 1.60 bits per heavy atom. The molecular weight excluding hydrogens is 265 g/mol. The number of hydrogen-bond donors (Lipinski definition) is 1. The Morgan fingerprint density at radius 3 is 2.95 bits per heavy atom. The van der Waals surface area contributed by atoms with E-state index in [1.807, 2.05) is 0 Å². The first-order valence-corrected chi connectivity index (χ1v) is 6.32. The Bertz CT molecular complexity index is 540. The molecule has 0 saturated heterocycles. The molecule has 2 rings (SSSR count). The minimum atomic E-state index is -0.692. The number of hydrogen-bond acceptors (Lipinski definition) is 5. The number of nitro groups is 1. The molecule has 1 atom stereocenters. The van der Waals surface area contributed by atoms with Crippen LogP contribution in [0.25, 0.3) is 0 Å². The summed E-state index contributed by atoms with van der Waals surface area (Å²) in [5.41, 5.74) is -0.409. The molecule has 1 aromatic carbocycles. The topological polar surface area (TPSA) is 88.2 Å². The number of halogens is 1. The molecule has 0 spiro atoms. The molecule has 6 nitrogen and oxygen atoms in total. The van der Waals surface area contributed by atoms with Crippen LogP contribution in [0.15, 0.2) is 18.2 Å². The minimum absolute atomic E-state index is 0.0134. The van der Waals surface area contributed by atoms with Gasteiger partial charge in [0, 0.05) is 12.5 Å². The minimum Gasteiger partial charge on any atom is -0.487 e. The normalized spacial score (nSPS) is 15.4. The zero-order valence-corrected chi connectivity index (χ0v) is 10.7. The second-order valence-electron chi connectivity index (χ2n) is 4.63. The van der Waals surface area contributed by atoms with Crippen LogP contribution in [0.4, 0.5) is 10.1 Å². The molecule has 20 heavy (non-hydrogen) atoms. The number of benzene rings is 1. The Morgan fingerprint density at radius 2 is 2.35 bits per heavy atom. The van der Waals surface area contributed by atoms with Crippen LogP contribution < -0.4 is 10.1 Å². The molecule has 0 aromatic heterocycles. The van der Waals surface area contributed by atoms with E-state index >= 15 is 0 Å². The lowest BCUT2D eigenvalue weighted by Crippen LogP contribution is -2.31. The highest BCUT2D eigenvalue weighted by atomic mass is 19.1. The predicted octanol–water partition coefficient (Wildman–Crippen LogP) is 2.15. The maximum absolute atomic E-state index is 12.9. The smallest absolute Gasteiger partial charge is 0.313 e. The number of nitrogens with zero attached hydrogens (tertiary/aromatic N) is 2. The average Bonchev–Trinajstić information content (AvgIpc) is 3.23. The van der Waals surface area contributed by atoms with Crippen molar-refractivity contribution < 1.29 is 14.1 Å². The predicted molar refractivity (Wildman–Crippen MR) is 68.7 cm³/mol. The van der Waals surface area contributed by atoms with E-state index in [2.05, 4.69) is 11.4 Å². The van der Waals surface area contributed by atoms with Gasteiger partial charge in [-0.1, -0.05) is 0 Å². The summed E-state index contributed by atoms with van der Waals surface area (Å²) in [6.07, 6.45) is 2.56. The van der Waals surface area contributed by atoms with Gasteiger partial charge in [-0.15, -0.1) is 0 Å². The van der Waals surface area contributed by atoms with Crippen molar-refractivity contribution in [3.05, 3.63) is 34.1 Å². The van der Waals surface area contributed by atoms with Crippen molar-refractivity contribution in [1.82, 2.24) is 5.32 Å². The summed E-state index contributed by atoms with van der Waals surface area (Å²) in [4.78, 5) is 10.1. The first-order chi connectivity index (χ1) is 9.60. The van der Waals surface area contributed by atoms with Crippen molar-refractivity contribution >= 4 is 5.69 Å². The van der Waals surface area contributed by atoms with Gasteiger partial charge < -0.3 is 4.74 Å². The van der Waals surface area contributed by atoms with Gasteiger partial charge in [0.05, 0.1) is 29.7 Å². The van der Waals surface area contributed by atoms with Crippen LogP contribution in [0.3, 0.4) is 0 Å². The van der Waals surface area contributed by atoms with Gasteiger partial charge >= 0.3 is 5.69 Å². The highest BCUT2D eigenvalue weighted by Crippen LogP contribution is 2.27. The summed E-state index contributed by atoms with van der Waals surface area (Å²) in [5, 5.41) is 22.9. The summed E-state index contributed by atoms with van der Waals surface area (Å²) in [6.45, 7) is 0.157. The van der Waals surface area contributed by atoms with Crippen LogP contribution in [0, 0.1) is 27.3 Å². The van der Waals surface area contributed by atoms with Crippen LogP contribution in [-0.2, 0) is 0 Å². The summed E-state index contributed by atoms with van der Waals surface area (Å²) in [6, 6.07) is 5.34. The third-order valence-corrected chi connectivity index (χ3v) is 2.95. The Balaban J connectivity index is 1.89. The van der Waals surface area contributed by atoms with Crippen molar-refractivity contribution in [3.8, 4) is 11.8 Å². The molecule has 1 fully saturated rings. The summed E-state index contributed by atoms with van der Waals surface area (Å²) in [7, 11) is 0. The Hall–Kier alpha value is -2.20. The van der Waals surface area contributed by atoms with Crippen LogP contribution in [0.2, 0.25) is 0 Å². The molecule has 1 aromatic rings. The molecule has 7 heteroatoms. The van der Waals surface area contributed by atoms with Crippen LogP contribution in [0.1, 0.15) is 19.3 Å². The molecule has 1 N–H and O–H groups in total. The molecule has 1 aliphatic rings. The summed E-state index contributed by atoms with van der Waals surface area (Å²) >= 11 is 0. The van der Waals surface area contributed by atoms with Crippen molar-refractivity contribution in [1.29, 1.82) is 5.26 Å².